The zero-order valence-corrected chi connectivity index (χ0v) is 24.0. The predicted octanol–water partition coefficient (Wildman–Crippen LogP) is 7.20. The first-order valence-electron chi connectivity index (χ1n) is 14.9. The fourth-order valence-corrected chi connectivity index (χ4v) is 10.1. The summed E-state index contributed by atoms with van der Waals surface area (Å²) in [5.74, 6) is 3.64. The minimum absolute atomic E-state index is 0.708. The smallest absolute Gasteiger partial charge is 0.121 e. The topological polar surface area (TPSA) is 20.3 Å². The fraction of sp³-hybridized carbons (Fsp3) is 0.429. The average Bonchev–Trinajstić information content (AvgIpc) is 3.01. The third kappa shape index (κ3) is 8.05. The maximum absolute atomic E-state index is 10.0. The van der Waals surface area contributed by atoms with Crippen LogP contribution < -0.4 is 15.9 Å². The molecule has 1 saturated carbocycles. The summed E-state index contributed by atoms with van der Waals surface area (Å²) in [5.41, 5.74) is 0. The second-order valence-electron chi connectivity index (χ2n) is 10.9. The summed E-state index contributed by atoms with van der Waals surface area (Å²) in [6.07, 6.45) is 15.4. The molecule has 0 N–H and O–H groups in total. The van der Waals surface area contributed by atoms with Crippen molar-refractivity contribution in [3.05, 3.63) is 91.0 Å². The lowest BCUT2D eigenvalue weighted by molar-refractivity contribution is -0.108. The summed E-state index contributed by atoms with van der Waals surface area (Å²) in [6.45, 7) is 1.63. The number of carbonyl (C=O) groups excluding carboxylic acids is 1. The molecule has 5 rings (SSSR count). The van der Waals surface area contributed by atoms with Crippen molar-refractivity contribution in [3.63, 3.8) is 0 Å². The van der Waals surface area contributed by atoms with Crippen LogP contribution in [0.2, 0.25) is 0 Å². The lowest BCUT2D eigenvalue weighted by Crippen LogP contribution is -2.30. The van der Waals surface area contributed by atoms with Crippen LogP contribution in [0.4, 0.5) is 0 Å². The van der Waals surface area contributed by atoms with Crippen LogP contribution >= 0.6 is 6.89 Å². The lowest BCUT2D eigenvalue weighted by Gasteiger charge is -2.29. The molecular formula is C35H46NOP. The van der Waals surface area contributed by atoms with E-state index in [0.717, 1.165) is 18.7 Å². The van der Waals surface area contributed by atoms with Crippen molar-refractivity contribution >= 4 is 34.9 Å². The Hall–Kier alpha value is -2.41. The summed E-state index contributed by atoms with van der Waals surface area (Å²) in [4.78, 5) is 12.4. The van der Waals surface area contributed by atoms with Crippen molar-refractivity contribution in [3.8, 4) is 0 Å². The Morgan fingerprint density at radius 1 is 0.632 bits per heavy atom. The van der Waals surface area contributed by atoms with E-state index >= 15 is 0 Å². The van der Waals surface area contributed by atoms with E-state index in [4.69, 9.17) is 0 Å². The van der Waals surface area contributed by atoms with Crippen LogP contribution in [-0.2, 0) is 4.79 Å². The van der Waals surface area contributed by atoms with Gasteiger partial charge in [0, 0.05) is 13.0 Å². The van der Waals surface area contributed by atoms with Crippen molar-refractivity contribution in [1.82, 2.24) is 4.90 Å². The van der Waals surface area contributed by atoms with Crippen LogP contribution in [0, 0.1) is 5.92 Å². The van der Waals surface area contributed by atoms with Gasteiger partial charge in [-0.1, -0.05) is 135 Å². The molecule has 0 aromatic heterocycles. The molecule has 2 fully saturated rings. The number of benzene rings is 3. The normalized spacial score (nSPS) is 16.7. The third-order valence-electron chi connectivity index (χ3n) is 8.20. The van der Waals surface area contributed by atoms with E-state index in [1.807, 2.05) is 0 Å². The van der Waals surface area contributed by atoms with Crippen molar-refractivity contribution in [2.45, 2.75) is 70.6 Å². The highest BCUT2D eigenvalue weighted by Gasteiger charge is 2.24. The molecule has 0 radical (unpaired) electrons. The largest absolute Gasteiger partial charge is 0.303 e. The molecule has 3 aromatic rings. The van der Waals surface area contributed by atoms with Gasteiger partial charge in [-0.2, -0.15) is 0 Å². The monoisotopic (exact) mass is 527 g/mol. The fourth-order valence-electron chi connectivity index (χ4n) is 6.15. The van der Waals surface area contributed by atoms with Crippen LogP contribution in [0.5, 0.6) is 0 Å². The van der Waals surface area contributed by atoms with E-state index in [0.29, 0.717) is 6.42 Å². The number of piperidine rings is 1. The molecule has 0 bridgehead atoms. The first-order chi connectivity index (χ1) is 18.8. The molecule has 1 aliphatic carbocycles. The highest BCUT2D eigenvalue weighted by molar-refractivity contribution is 7.94. The number of aldehydes is 1. The Balaban J connectivity index is 0.000000283. The highest BCUT2D eigenvalue weighted by atomic mass is 31.2. The van der Waals surface area contributed by atoms with Crippen molar-refractivity contribution in [2.75, 3.05) is 19.6 Å². The summed E-state index contributed by atoms with van der Waals surface area (Å²) in [5, 5.41) is 4.41. The molecule has 1 saturated heterocycles. The van der Waals surface area contributed by atoms with Gasteiger partial charge in [0.05, 0.1) is 0 Å². The quantitative estimate of drug-likeness (QED) is 0.217. The van der Waals surface area contributed by atoms with Crippen LogP contribution in [0.3, 0.4) is 0 Å². The summed E-state index contributed by atoms with van der Waals surface area (Å²) >= 11 is 0. The van der Waals surface area contributed by atoms with Gasteiger partial charge in [0.1, 0.15) is 6.29 Å². The van der Waals surface area contributed by atoms with Gasteiger partial charge < -0.3 is 9.69 Å². The van der Waals surface area contributed by atoms with E-state index in [9.17, 15) is 4.79 Å². The molecule has 3 aromatic carbocycles. The maximum atomic E-state index is 10.0. The van der Waals surface area contributed by atoms with Gasteiger partial charge in [0.25, 0.3) is 0 Å². The van der Waals surface area contributed by atoms with Crippen molar-refractivity contribution in [2.24, 2.45) is 5.92 Å². The van der Waals surface area contributed by atoms with Gasteiger partial charge in [-0.15, -0.1) is 0 Å². The molecule has 38 heavy (non-hydrogen) atoms. The zero-order chi connectivity index (χ0) is 26.3. The van der Waals surface area contributed by atoms with E-state index < -0.39 is 6.89 Å². The molecule has 3 heteroatoms. The minimum Gasteiger partial charge on any atom is -0.303 e. The van der Waals surface area contributed by atoms with Gasteiger partial charge in [-0.25, -0.2) is 0 Å². The Morgan fingerprint density at radius 3 is 1.58 bits per heavy atom. The van der Waals surface area contributed by atoms with Crippen LogP contribution in [0.1, 0.15) is 70.6 Å². The van der Waals surface area contributed by atoms with Crippen LogP contribution in [0.25, 0.3) is 0 Å². The summed E-state index contributed by atoms with van der Waals surface area (Å²) in [6, 6.07) is 33.6. The molecule has 0 unspecified atom stereocenters. The Morgan fingerprint density at radius 2 is 1.11 bits per heavy atom. The molecule has 0 atom stereocenters. The van der Waals surface area contributed by atoms with E-state index in [1.54, 1.807) is 0 Å². The molecule has 2 aliphatic rings. The number of likely N-dealkylation sites (tertiary alicyclic amines) is 1. The Labute approximate surface area is 231 Å². The van der Waals surface area contributed by atoms with Crippen molar-refractivity contribution in [1.29, 1.82) is 0 Å². The average molecular weight is 528 g/mol. The Kier molecular flexibility index (Phi) is 11.9. The Bertz CT molecular complexity index is 997. The zero-order valence-electron chi connectivity index (χ0n) is 23.1. The lowest BCUT2D eigenvalue weighted by atomic mass is 9.86. The molecule has 202 valence electrons. The SMILES string of the molecule is C(CCC1CCCCC1)=P(c1ccccc1)(c1ccccc1)c1ccccc1.O=CCCN1CCCCC1. The van der Waals surface area contributed by atoms with E-state index in [-0.39, 0.29) is 0 Å². The molecule has 0 spiro atoms. The summed E-state index contributed by atoms with van der Waals surface area (Å²) in [7, 11) is 0. The highest BCUT2D eigenvalue weighted by Crippen LogP contribution is 2.44. The predicted molar refractivity (Wildman–Crippen MR) is 168 cm³/mol. The third-order valence-corrected chi connectivity index (χ3v) is 12.3. The molecule has 2 nitrogen and oxygen atoms in total. The maximum Gasteiger partial charge on any atom is 0.121 e. The minimum atomic E-state index is -1.75. The first-order valence-corrected chi connectivity index (χ1v) is 16.7. The second-order valence-corrected chi connectivity index (χ2v) is 14.2. The number of hydrogen-bond acceptors (Lipinski definition) is 2. The summed E-state index contributed by atoms with van der Waals surface area (Å²) < 4.78 is 0. The van der Waals surface area contributed by atoms with Crippen molar-refractivity contribution < 1.29 is 4.79 Å². The van der Waals surface area contributed by atoms with Gasteiger partial charge in [0.2, 0.25) is 0 Å². The van der Waals surface area contributed by atoms with Crippen LogP contribution in [-0.4, -0.2) is 36.6 Å². The van der Waals surface area contributed by atoms with Gasteiger partial charge in [-0.05, 0) is 67.5 Å². The number of nitrogens with zero attached hydrogens (tertiary/aromatic N) is 1. The van der Waals surface area contributed by atoms with E-state index in [1.165, 1.54) is 93.2 Å². The molecule has 1 heterocycles. The van der Waals surface area contributed by atoms with Gasteiger partial charge in [0.15, 0.2) is 0 Å². The van der Waals surface area contributed by atoms with Gasteiger partial charge in [-0.3, -0.25) is 0 Å². The van der Waals surface area contributed by atoms with Gasteiger partial charge >= 0.3 is 0 Å². The molecular weight excluding hydrogens is 481 g/mol. The van der Waals surface area contributed by atoms with Crippen LogP contribution in [0.15, 0.2) is 91.0 Å². The first kappa shape index (κ1) is 28.6. The number of rotatable bonds is 9. The standard InChI is InChI=1S/C27H31P.C8H15NO/c1-5-14-24(15-6-1)16-13-23-28(25-17-7-2-8-18-25,26-19-9-3-10-20-26)27-21-11-4-12-22-27;10-8-4-7-9-5-2-1-3-6-9/h2-4,7-12,17-24H,1,5-6,13-16H2;8H,1-7H2. The number of hydrogen-bond donors (Lipinski definition) is 0. The molecule has 0 amide bonds. The molecule has 1 aliphatic heterocycles. The second kappa shape index (κ2) is 15.9. The number of carbonyl (C=O) groups is 1. The van der Waals surface area contributed by atoms with E-state index in [2.05, 4.69) is 102 Å².